The summed E-state index contributed by atoms with van der Waals surface area (Å²) in [5, 5.41) is 0. The van der Waals surface area contributed by atoms with Gasteiger partial charge in [-0.1, -0.05) is 32.0 Å². The maximum atomic E-state index is 12.0. The smallest absolute Gasteiger partial charge is 0.328 e. The average Bonchev–Trinajstić information content (AvgIpc) is 2.45. The molecule has 0 saturated heterocycles. The lowest BCUT2D eigenvalue weighted by Crippen LogP contribution is -2.60. The van der Waals surface area contributed by atoms with Gasteiger partial charge in [-0.05, 0) is 31.9 Å². The number of carbonyl (C=O) groups is 2. The number of hydrogen-bond acceptors (Lipinski definition) is 4. The number of esters is 1. The highest BCUT2D eigenvalue weighted by molar-refractivity contribution is 5.94. The summed E-state index contributed by atoms with van der Waals surface area (Å²) in [6, 6.07) is 8.80. The largest absolute Gasteiger partial charge is 0.465 e. The molecule has 0 aliphatic heterocycles. The fourth-order valence-electron chi connectivity index (χ4n) is 1.56. The Hall–Kier alpha value is -1.88. The SMILES string of the molecule is CCOC(=O)C(C)(NNC(=O)c1ccccc1)C(C)C. The van der Waals surface area contributed by atoms with Crippen LogP contribution in [0.25, 0.3) is 0 Å². The maximum absolute atomic E-state index is 12.0. The van der Waals surface area contributed by atoms with Crippen molar-refractivity contribution in [3.63, 3.8) is 0 Å². The van der Waals surface area contributed by atoms with Gasteiger partial charge >= 0.3 is 5.97 Å². The van der Waals surface area contributed by atoms with Gasteiger partial charge in [0.15, 0.2) is 0 Å². The molecule has 2 N–H and O–H groups in total. The molecular formula is C15H22N2O3. The number of amides is 1. The molecular weight excluding hydrogens is 256 g/mol. The third-order valence-electron chi connectivity index (χ3n) is 3.33. The van der Waals surface area contributed by atoms with Crippen LogP contribution < -0.4 is 10.9 Å². The van der Waals surface area contributed by atoms with Crippen molar-refractivity contribution in [1.82, 2.24) is 10.9 Å². The Balaban J connectivity index is 2.73. The molecule has 0 aliphatic carbocycles. The number of hydrazine groups is 1. The molecule has 0 heterocycles. The molecule has 1 unspecified atom stereocenters. The van der Waals surface area contributed by atoms with E-state index in [0.29, 0.717) is 12.2 Å². The van der Waals surface area contributed by atoms with Gasteiger partial charge < -0.3 is 4.74 Å². The summed E-state index contributed by atoms with van der Waals surface area (Å²) in [5.41, 5.74) is 4.93. The number of ether oxygens (including phenoxy) is 1. The van der Waals surface area contributed by atoms with Gasteiger partial charge in [-0.2, -0.15) is 0 Å². The summed E-state index contributed by atoms with van der Waals surface area (Å²) in [6.07, 6.45) is 0. The Labute approximate surface area is 119 Å². The molecule has 1 amide bonds. The predicted octanol–water partition coefficient (Wildman–Crippen LogP) is 1.90. The lowest BCUT2D eigenvalue weighted by atomic mass is 9.89. The van der Waals surface area contributed by atoms with Gasteiger partial charge in [0.25, 0.3) is 5.91 Å². The van der Waals surface area contributed by atoms with Gasteiger partial charge in [0, 0.05) is 5.56 Å². The summed E-state index contributed by atoms with van der Waals surface area (Å²) in [5.74, 6) is -0.720. The van der Waals surface area contributed by atoms with Crippen molar-refractivity contribution >= 4 is 11.9 Å². The van der Waals surface area contributed by atoms with Crippen LogP contribution in [0.4, 0.5) is 0 Å². The molecule has 1 atom stereocenters. The van der Waals surface area contributed by atoms with E-state index < -0.39 is 5.54 Å². The third-order valence-corrected chi connectivity index (χ3v) is 3.33. The van der Waals surface area contributed by atoms with E-state index in [0.717, 1.165) is 0 Å². The van der Waals surface area contributed by atoms with Crippen LogP contribution in [0.5, 0.6) is 0 Å². The minimum atomic E-state index is -0.972. The van der Waals surface area contributed by atoms with Crippen LogP contribution in [0.15, 0.2) is 30.3 Å². The van der Waals surface area contributed by atoms with Gasteiger partial charge in [-0.15, -0.1) is 0 Å². The normalized spacial score (nSPS) is 13.7. The van der Waals surface area contributed by atoms with Crippen molar-refractivity contribution in [3.05, 3.63) is 35.9 Å². The van der Waals surface area contributed by atoms with Crippen LogP contribution >= 0.6 is 0 Å². The Morgan fingerprint density at radius 3 is 2.35 bits per heavy atom. The van der Waals surface area contributed by atoms with E-state index in [1.54, 1.807) is 38.1 Å². The van der Waals surface area contributed by atoms with Gasteiger partial charge in [-0.25, -0.2) is 10.2 Å². The molecule has 1 aromatic rings. The number of rotatable bonds is 6. The van der Waals surface area contributed by atoms with E-state index in [2.05, 4.69) is 10.9 Å². The summed E-state index contributed by atoms with van der Waals surface area (Å²) >= 11 is 0. The first-order chi connectivity index (χ1) is 9.41. The zero-order valence-corrected chi connectivity index (χ0v) is 12.4. The summed E-state index contributed by atoms with van der Waals surface area (Å²) < 4.78 is 5.05. The second-order valence-electron chi connectivity index (χ2n) is 5.02. The molecule has 5 heteroatoms. The summed E-state index contributed by atoms with van der Waals surface area (Å²) in [4.78, 5) is 24.0. The number of nitrogens with one attached hydrogen (secondary N) is 2. The van der Waals surface area contributed by atoms with E-state index in [-0.39, 0.29) is 17.8 Å². The molecule has 0 bridgehead atoms. The number of carbonyl (C=O) groups excluding carboxylic acids is 2. The second kappa shape index (κ2) is 7.05. The minimum absolute atomic E-state index is 0.0439. The zero-order chi connectivity index (χ0) is 15.2. The van der Waals surface area contributed by atoms with E-state index in [1.807, 2.05) is 19.9 Å². The van der Waals surface area contributed by atoms with Crippen LogP contribution in [0.2, 0.25) is 0 Å². The van der Waals surface area contributed by atoms with E-state index >= 15 is 0 Å². The highest BCUT2D eigenvalue weighted by Crippen LogP contribution is 2.17. The van der Waals surface area contributed by atoms with Crippen LogP contribution in [0.3, 0.4) is 0 Å². The van der Waals surface area contributed by atoms with Crippen LogP contribution in [-0.4, -0.2) is 24.0 Å². The Morgan fingerprint density at radius 2 is 1.85 bits per heavy atom. The molecule has 110 valence electrons. The van der Waals surface area contributed by atoms with Crippen LogP contribution in [0, 0.1) is 5.92 Å². The molecule has 20 heavy (non-hydrogen) atoms. The molecule has 1 rings (SSSR count). The van der Waals surface area contributed by atoms with E-state index in [4.69, 9.17) is 4.74 Å². The maximum Gasteiger partial charge on any atom is 0.328 e. The molecule has 0 radical (unpaired) electrons. The first-order valence-corrected chi connectivity index (χ1v) is 6.71. The van der Waals surface area contributed by atoms with Crippen molar-refractivity contribution in [1.29, 1.82) is 0 Å². The van der Waals surface area contributed by atoms with Gasteiger partial charge in [0.2, 0.25) is 0 Å². The Morgan fingerprint density at radius 1 is 1.25 bits per heavy atom. The standard InChI is InChI=1S/C15H22N2O3/c1-5-20-14(19)15(4,11(2)3)17-16-13(18)12-9-7-6-8-10-12/h6-11,17H,5H2,1-4H3,(H,16,18). The zero-order valence-electron chi connectivity index (χ0n) is 12.4. The molecule has 0 aliphatic rings. The van der Waals surface area contributed by atoms with Crippen LogP contribution in [-0.2, 0) is 9.53 Å². The highest BCUT2D eigenvalue weighted by atomic mass is 16.5. The number of hydrogen-bond donors (Lipinski definition) is 2. The summed E-state index contributed by atoms with van der Waals surface area (Å²) in [7, 11) is 0. The molecule has 5 nitrogen and oxygen atoms in total. The van der Waals surface area contributed by atoms with Crippen molar-refractivity contribution in [3.8, 4) is 0 Å². The topological polar surface area (TPSA) is 67.4 Å². The molecule has 0 spiro atoms. The predicted molar refractivity (Wildman–Crippen MR) is 76.9 cm³/mol. The Kier molecular flexibility index (Phi) is 5.70. The molecule has 0 aromatic heterocycles. The Bertz CT molecular complexity index is 459. The van der Waals surface area contributed by atoms with Crippen molar-refractivity contribution < 1.29 is 14.3 Å². The average molecular weight is 278 g/mol. The lowest BCUT2D eigenvalue weighted by molar-refractivity contribution is -0.152. The van der Waals surface area contributed by atoms with E-state index in [9.17, 15) is 9.59 Å². The molecule has 0 saturated carbocycles. The fraction of sp³-hybridized carbons (Fsp3) is 0.467. The second-order valence-corrected chi connectivity index (χ2v) is 5.02. The quantitative estimate of drug-likeness (QED) is 0.616. The van der Waals surface area contributed by atoms with Crippen molar-refractivity contribution in [2.24, 2.45) is 5.92 Å². The van der Waals surface area contributed by atoms with Crippen molar-refractivity contribution in [2.75, 3.05) is 6.61 Å². The van der Waals surface area contributed by atoms with Gasteiger partial charge in [0.1, 0.15) is 5.54 Å². The van der Waals surface area contributed by atoms with E-state index in [1.165, 1.54) is 0 Å². The summed E-state index contributed by atoms with van der Waals surface area (Å²) in [6.45, 7) is 7.54. The first-order valence-electron chi connectivity index (χ1n) is 6.71. The highest BCUT2D eigenvalue weighted by Gasteiger charge is 2.38. The minimum Gasteiger partial charge on any atom is -0.465 e. The lowest BCUT2D eigenvalue weighted by Gasteiger charge is -2.32. The fourth-order valence-corrected chi connectivity index (χ4v) is 1.56. The molecule has 1 aromatic carbocycles. The first kappa shape index (κ1) is 16.2. The monoisotopic (exact) mass is 278 g/mol. The number of benzene rings is 1. The third kappa shape index (κ3) is 3.81. The van der Waals surface area contributed by atoms with Crippen molar-refractivity contribution in [2.45, 2.75) is 33.2 Å². The van der Waals surface area contributed by atoms with Gasteiger partial charge in [0.05, 0.1) is 6.61 Å². The van der Waals surface area contributed by atoms with Crippen LogP contribution in [0.1, 0.15) is 38.1 Å². The van der Waals surface area contributed by atoms with Gasteiger partial charge in [-0.3, -0.25) is 10.2 Å². The molecule has 0 fully saturated rings.